The molecule has 0 spiro atoms. The minimum atomic E-state index is -0.456. The van der Waals surface area contributed by atoms with Crippen LogP contribution in [0.15, 0.2) is 40.9 Å². The van der Waals surface area contributed by atoms with Crippen LogP contribution in [-0.4, -0.2) is 28.1 Å². The Labute approximate surface area is 168 Å². The number of carbonyl (C=O) groups excluding carboxylic acids is 1. The van der Waals surface area contributed by atoms with Crippen molar-refractivity contribution in [2.45, 2.75) is 39.3 Å². The SMILES string of the molecule is COc1ccc(CN2C(=O)CCC2c2nc(-c3ccc(C)c(C)c3)no2)cc1F. The van der Waals surface area contributed by atoms with Gasteiger partial charge in [0.05, 0.1) is 7.11 Å². The van der Waals surface area contributed by atoms with Crippen molar-refractivity contribution in [1.29, 1.82) is 0 Å². The molecule has 29 heavy (non-hydrogen) atoms. The summed E-state index contributed by atoms with van der Waals surface area (Å²) in [5, 5.41) is 4.10. The van der Waals surface area contributed by atoms with Crippen molar-refractivity contribution >= 4 is 5.91 Å². The van der Waals surface area contributed by atoms with Crippen molar-refractivity contribution < 1.29 is 18.4 Å². The minimum absolute atomic E-state index is 0.0165. The molecular formula is C22H22FN3O3. The van der Waals surface area contributed by atoms with Gasteiger partial charge in [-0.1, -0.05) is 23.4 Å². The van der Waals surface area contributed by atoms with Gasteiger partial charge < -0.3 is 14.2 Å². The molecule has 3 aromatic rings. The number of hydrogen-bond donors (Lipinski definition) is 0. The Morgan fingerprint density at radius 3 is 2.76 bits per heavy atom. The zero-order valence-electron chi connectivity index (χ0n) is 16.6. The normalized spacial score (nSPS) is 16.5. The van der Waals surface area contributed by atoms with E-state index in [9.17, 15) is 9.18 Å². The second-order valence-electron chi connectivity index (χ2n) is 7.30. The molecule has 2 heterocycles. The first-order valence-corrected chi connectivity index (χ1v) is 9.49. The topological polar surface area (TPSA) is 68.5 Å². The molecule has 1 unspecified atom stereocenters. The molecule has 0 N–H and O–H groups in total. The summed E-state index contributed by atoms with van der Waals surface area (Å²) in [5.74, 6) is 0.601. The molecule has 1 atom stereocenters. The van der Waals surface area contributed by atoms with Crippen molar-refractivity contribution in [1.82, 2.24) is 15.0 Å². The van der Waals surface area contributed by atoms with Crippen LogP contribution in [0.25, 0.3) is 11.4 Å². The highest BCUT2D eigenvalue weighted by Gasteiger charge is 2.36. The number of aryl methyl sites for hydroxylation is 2. The first-order valence-electron chi connectivity index (χ1n) is 9.49. The van der Waals surface area contributed by atoms with Crippen LogP contribution in [0.1, 0.15) is 41.5 Å². The van der Waals surface area contributed by atoms with Gasteiger partial charge in [-0.05, 0) is 55.2 Å². The molecule has 1 amide bonds. The molecule has 4 rings (SSSR count). The standard InChI is InChI=1S/C22H22FN3O3/c1-13-4-6-16(10-14(13)2)21-24-22(29-25-21)18-7-9-20(27)26(18)12-15-5-8-19(28-3)17(23)11-15/h4-6,8,10-11,18H,7,9,12H2,1-3H3. The summed E-state index contributed by atoms with van der Waals surface area (Å²) < 4.78 is 24.5. The fourth-order valence-corrected chi connectivity index (χ4v) is 3.56. The third kappa shape index (κ3) is 3.72. The van der Waals surface area contributed by atoms with Gasteiger partial charge in [-0.25, -0.2) is 4.39 Å². The fourth-order valence-electron chi connectivity index (χ4n) is 3.56. The molecule has 0 aliphatic carbocycles. The van der Waals surface area contributed by atoms with E-state index in [4.69, 9.17) is 9.26 Å². The van der Waals surface area contributed by atoms with E-state index < -0.39 is 5.82 Å². The molecule has 0 bridgehead atoms. The van der Waals surface area contributed by atoms with E-state index in [-0.39, 0.29) is 24.2 Å². The molecular weight excluding hydrogens is 373 g/mol. The van der Waals surface area contributed by atoms with E-state index in [1.165, 1.54) is 18.7 Å². The number of rotatable bonds is 5. The van der Waals surface area contributed by atoms with Gasteiger partial charge in [0.2, 0.25) is 17.6 Å². The molecule has 6 nitrogen and oxygen atoms in total. The van der Waals surface area contributed by atoms with E-state index in [2.05, 4.69) is 10.1 Å². The first kappa shape index (κ1) is 19.1. The Balaban J connectivity index is 1.57. The van der Waals surface area contributed by atoms with Crippen LogP contribution in [-0.2, 0) is 11.3 Å². The van der Waals surface area contributed by atoms with Gasteiger partial charge in [-0.15, -0.1) is 0 Å². The van der Waals surface area contributed by atoms with Crippen molar-refractivity contribution in [3.05, 3.63) is 64.8 Å². The summed E-state index contributed by atoms with van der Waals surface area (Å²) in [6.45, 7) is 4.35. The monoisotopic (exact) mass is 395 g/mol. The van der Waals surface area contributed by atoms with Gasteiger partial charge in [0.25, 0.3) is 0 Å². The third-order valence-corrected chi connectivity index (χ3v) is 5.39. The van der Waals surface area contributed by atoms with Crippen molar-refractivity contribution in [2.24, 2.45) is 0 Å². The molecule has 1 aliphatic rings. The van der Waals surface area contributed by atoms with Crippen molar-refractivity contribution in [2.75, 3.05) is 7.11 Å². The van der Waals surface area contributed by atoms with Gasteiger partial charge in [0.15, 0.2) is 11.6 Å². The molecule has 1 aromatic heterocycles. The fraction of sp³-hybridized carbons (Fsp3) is 0.318. The van der Waals surface area contributed by atoms with Crippen LogP contribution >= 0.6 is 0 Å². The minimum Gasteiger partial charge on any atom is -0.494 e. The number of halogens is 1. The maximum Gasteiger partial charge on any atom is 0.249 e. The lowest BCUT2D eigenvalue weighted by Crippen LogP contribution is -2.27. The summed E-state index contributed by atoms with van der Waals surface area (Å²) >= 11 is 0. The Morgan fingerprint density at radius 1 is 1.21 bits per heavy atom. The lowest BCUT2D eigenvalue weighted by molar-refractivity contribution is -0.130. The largest absolute Gasteiger partial charge is 0.494 e. The molecule has 0 radical (unpaired) electrons. The molecule has 2 aromatic carbocycles. The Kier molecular flexibility index (Phi) is 5.05. The highest BCUT2D eigenvalue weighted by Crippen LogP contribution is 2.34. The van der Waals surface area contributed by atoms with E-state index >= 15 is 0 Å². The zero-order chi connectivity index (χ0) is 20.5. The molecule has 0 saturated carbocycles. The van der Waals surface area contributed by atoms with Crippen LogP contribution in [0.5, 0.6) is 5.75 Å². The van der Waals surface area contributed by atoms with Gasteiger partial charge in [0, 0.05) is 18.5 Å². The average Bonchev–Trinajstić information content (AvgIpc) is 3.32. The molecule has 7 heteroatoms. The lowest BCUT2D eigenvalue weighted by Gasteiger charge is -2.22. The maximum atomic E-state index is 14.0. The number of benzene rings is 2. The summed E-state index contributed by atoms with van der Waals surface area (Å²) in [6, 6.07) is 10.4. The summed E-state index contributed by atoms with van der Waals surface area (Å²) in [5.41, 5.74) is 3.89. The predicted octanol–water partition coefficient (Wildman–Crippen LogP) is 4.36. The second-order valence-corrected chi connectivity index (χ2v) is 7.30. The number of amides is 1. The Hall–Kier alpha value is -3.22. The molecule has 1 fully saturated rings. The van der Waals surface area contributed by atoms with E-state index in [0.29, 0.717) is 30.1 Å². The third-order valence-electron chi connectivity index (χ3n) is 5.39. The lowest BCUT2D eigenvalue weighted by atomic mass is 10.1. The van der Waals surface area contributed by atoms with Crippen molar-refractivity contribution in [3.8, 4) is 17.1 Å². The van der Waals surface area contributed by atoms with Gasteiger partial charge in [-0.2, -0.15) is 4.98 Å². The van der Waals surface area contributed by atoms with Crippen LogP contribution in [0.3, 0.4) is 0 Å². The van der Waals surface area contributed by atoms with Crippen LogP contribution in [0, 0.1) is 19.7 Å². The van der Waals surface area contributed by atoms with Gasteiger partial charge in [-0.3, -0.25) is 4.79 Å². The van der Waals surface area contributed by atoms with Crippen LogP contribution in [0.4, 0.5) is 4.39 Å². The molecule has 1 aliphatic heterocycles. The van der Waals surface area contributed by atoms with Crippen molar-refractivity contribution in [3.63, 3.8) is 0 Å². The summed E-state index contributed by atoms with van der Waals surface area (Å²) in [6.07, 6.45) is 0.983. The maximum absolute atomic E-state index is 14.0. The Morgan fingerprint density at radius 2 is 2.03 bits per heavy atom. The smallest absolute Gasteiger partial charge is 0.249 e. The van der Waals surface area contributed by atoms with Crippen LogP contribution < -0.4 is 4.74 Å². The summed E-state index contributed by atoms with van der Waals surface area (Å²) in [7, 11) is 1.42. The highest BCUT2D eigenvalue weighted by molar-refractivity contribution is 5.78. The predicted molar refractivity (Wildman–Crippen MR) is 105 cm³/mol. The second kappa shape index (κ2) is 7.66. The quantitative estimate of drug-likeness (QED) is 0.642. The zero-order valence-corrected chi connectivity index (χ0v) is 16.6. The van der Waals surface area contributed by atoms with E-state index in [1.54, 1.807) is 17.0 Å². The average molecular weight is 395 g/mol. The molecule has 150 valence electrons. The Bertz CT molecular complexity index is 1060. The van der Waals surface area contributed by atoms with Gasteiger partial charge >= 0.3 is 0 Å². The molecule has 1 saturated heterocycles. The number of methoxy groups -OCH3 is 1. The number of likely N-dealkylation sites (tertiary alicyclic amines) is 1. The highest BCUT2D eigenvalue weighted by atomic mass is 19.1. The van der Waals surface area contributed by atoms with E-state index in [1.807, 2.05) is 32.0 Å². The number of aromatic nitrogens is 2. The number of carbonyl (C=O) groups is 1. The number of ether oxygens (including phenoxy) is 1. The number of hydrogen-bond acceptors (Lipinski definition) is 5. The van der Waals surface area contributed by atoms with Crippen LogP contribution in [0.2, 0.25) is 0 Å². The van der Waals surface area contributed by atoms with Gasteiger partial charge in [0.1, 0.15) is 6.04 Å². The number of nitrogens with zero attached hydrogens (tertiary/aromatic N) is 3. The van der Waals surface area contributed by atoms with E-state index in [0.717, 1.165) is 11.1 Å². The summed E-state index contributed by atoms with van der Waals surface area (Å²) in [4.78, 5) is 18.7. The first-order chi connectivity index (χ1) is 14.0.